The summed E-state index contributed by atoms with van der Waals surface area (Å²) in [7, 11) is 0. The molecule has 2 aromatic carbocycles. The van der Waals surface area contributed by atoms with E-state index in [0.717, 1.165) is 10.9 Å². The van der Waals surface area contributed by atoms with E-state index in [4.69, 9.17) is 0 Å². The summed E-state index contributed by atoms with van der Waals surface area (Å²) in [6.45, 7) is 0.929. The average molecular weight is 364 g/mol. The van der Waals surface area contributed by atoms with Gasteiger partial charge in [0.2, 0.25) is 5.91 Å². The zero-order chi connectivity index (χ0) is 18.8. The number of carbonyl (C=O) groups is 1. The first-order chi connectivity index (χ1) is 13.1. The number of hydrogen-bond acceptors (Lipinski definition) is 3. The Kier molecular flexibility index (Phi) is 4.42. The standard InChI is InChI=1S/C20H17FN4O2/c21-14-6-5-13-7-9-25(18(13)11-14)10-8-22-19(26)12-17-15-3-1-2-4-16(15)20(27)24-23-17/h1-7,9,11H,8,10,12H2,(H,22,26)(H,24,27). The van der Waals surface area contributed by atoms with Crippen LogP contribution in [0, 0.1) is 5.82 Å². The largest absolute Gasteiger partial charge is 0.354 e. The van der Waals surface area contributed by atoms with Crippen molar-refractivity contribution < 1.29 is 9.18 Å². The summed E-state index contributed by atoms with van der Waals surface area (Å²) in [5, 5.41) is 11.4. The van der Waals surface area contributed by atoms with Crippen LogP contribution in [0.15, 0.2) is 59.5 Å². The lowest BCUT2D eigenvalue weighted by atomic mass is 10.1. The van der Waals surface area contributed by atoms with Crippen molar-refractivity contribution in [3.05, 3.63) is 76.6 Å². The van der Waals surface area contributed by atoms with Crippen molar-refractivity contribution in [1.82, 2.24) is 20.1 Å². The highest BCUT2D eigenvalue weighted by Crippen LogP contribution is 2.17. The monoisotopic (exact) mass is 364 g/mol. The molecule has 4 rings (SSSR count). The third-order valence-electron chi connectivity index (χ3n) is 4.51. The quantitative estimate of drug-likeness (QED) is 0.571. The fraction of sp³-hybridized carbons (Fsp3) is 0.150. The number of aromatic nitrogens is 3. The van der Waals surface area contributed by atoms with Gasteiger partial charge in [-0.2, -0.15) is 5.10 Å². The van der Waals surface area contributed by atoms with E-state index in [1.165, 1.54) is 12.1 Å². The smallest absolute Gasteiger partial charge is 0.272 e. The number of amides is 1. The summed E-state index contributed by atoms with van der Waals surface area (Å²) in [5.74, 6) is -0.482. The molecule has 27 heavy (non-hydrogen) atoms. The molecular weight excluding hydrogens is 347 g/mol. The van der Waals surface area contributed by atoms with E-state index < -0.39 is 0 Å². The maximum atomic E-state index is 13.4. The zero-order valence-electron chi connectivity index (χ0n) is 14.4. The van der Waals surface area contributed by atoms with Crippen LogP contribution in [-0.4, -0.2) is 27.2 Å². The van der Waals surface area contributed by atoms with Gasteiger partial charge in [0.1, 0.15) is 5.82 Å². The minimum atomic E-state index is -0.289. The Hall–Kier alpha value is -3.48. The molecule has 0 radical (unpaired) electrons. The molecule has 2 N–H and O–H groups in total. The third-order valence-corrected chi connectivity index (χ3v) is 4.51. The second kappa shape index (κ2) is 7.03. The van der Waals surface area contributed by atoms with Crippen LogP contribution in [0.2, 0.25) is 0 Å². The van der Waals surface area contributed by atoms with Crippen molar-refractivity contribution in [3.63, 3.8) is 0 Å². The molecule has 6 nitrogen and oxygen atoms in total. The maximum absolute atomic E-state index is 13.4. The van der Waals surface area contributed by atoms with Crippen LogP contribution in [0.4, 0.5) is 4.39 Å². The molecule has 2 heterocycles. The molecule has 0 unspecified atom stereocenters. The Labute approximate surface area is 153 Å². The number of aromatic amines is 1. The average Bonchev–Trinajstić information content (AvgIpc) is 3.06. The van der Waals surface area contributed by atoms with Gasteiger partial charge in [0.05, 0.1) is 23.0 Å². The van der Waals surface area contributed by atoms with Gasteiger partial charge in [-0.15, -0.1) is 0 Å². The van der Waals surface area contributed by atoms with Crippen LogP contribution in [0.1, 0.15) is 5.69 Å². The molecule has 0 atom stereocenters. The first kappa shape index (κ1) is 17.0. The SMILES string of the molecule is O=C(Cc1n[nH]c(=O)c2ccccc12)NCCn1ccc2ccc(F)cc21. The highest BCUT2D eigenvalue weighted by atomic mass is 19.1. The molecular formula is C20H17FN4O2. The van der Waals surface area contributed by atoms with Crippen molar-refractivity contribution in [2.45, 2.75) is 13.0 Å². The third kappa shape index (κ3) is 3.44. The summed E-state index contributed by atoms with van der Waals surface area (Å²) in [4.78, 5) is 24.1. The number of hydrogen-bond donors (Lipinski definition) is 2. The van der Waals surface area contributed by atoms with Gasteiger partial charge in [-0.3, -0.25) is 9.59 Å². The minimum Gasteiger partial charge on any atom is -0.354 e. The zero-order valence-corrected chi connectivity index (χ0v) is 14.4. The molecule has 0 saturated heterocycles. The Morgan fingerprint density at radius 2 is 1.96 bits per heavy atom. The van der Waals surface area contributed by atoms with Crippen LogP contribution in [0.5, 0.6) is 0 Å². The number of H-pyrrole nitrogens is 1. The van der Waals surface area contributed by atoms with Gasteiger partial charge < -0.3 is 9.88 Å². The van der Waals surface area contributed by atoms with Crippen molar-refractivity contribution in [3.8, 4) is 0 Å². The van der Waals surface area contributed by atoms with E-state index in [9.17, 15) is 14.0 Å². The van der Waals surface area contributed by atoms with E-state index in [0.29, 0.717) is 29.6 Å². The summed E-state index contributed by atoms with van der Waals surface area (Å²) in [6.07, 6.45) is 1.94. The number of fused-ring (bicyclic) bond motifs is 2. The molecule has 7 heteroatoms. The molecule has 0 aliphatic carbocycles. The van der Waals surface area contributed by atoms with E-state index in [1.807, 2.05) is 16.8 Å². The summed E-state index contributed by atoms with van der Waals surface area (Å²) < 4.78 is 15.3. The first-order valence-electron chi connectivity index (χ1n) is 8.59. The molecule has 136 valence electrons. The van der Waals surface area contributed by atoms with Gasteiger partial charge in [-0.25, -0.2) is 9.49 Å². The number of benzene rings is 2. The van der Waals surface area contributed by atoms with Gasteiger partial charge >= 0.3 is 0 Å². The van der Waals surface area contributed by atoms with E-state index in [1.54, 1.807) is 30.3 Å². The van der Waals surface area contributed by atoms with E-state index >= 15 is 0 Å². The van der Waals surface area contributed by atoms with Gasteiger partial charge in [0.25, 0.3) is 5.56 Å². The predicted octanol–water partition coefficient (Wildman–Crippen LogP) is 2.38. The predicted molar refractivity (Wildman–Crippen MR) is 101 cm³/mol. The molecule has 0 saturated carbocycles. The lowest BCUT2D eigenvalue weighted by Crippen LogP contribution is -2.29. The number of nitrogens with one attached hydrogen (secondary N) is 2. The van der Waals surface area contributed by atoms with Gasteiger partial charge in [-0.05, 0) is 35.7 Å². The van der Waals surface area contributed by atoms with Gasteiger partial charge in [-0.1, -0.05) is 18.2 Å². The van der Waals surface area contributed by atoms with Gasteiger partial charge in [0.15, 0.2) is 0 Å². The van der Waals surface area contributed by atoms with Crippen molar-refractivity contribution in [1.29, 1.82) is 0 Å². The lowest BCUT2D eigenvalue weighted by Gasteiger charge is -2.08. The normalized spacial score (nSPS) is 11.1. The number of rotatable bonds is 5. The van der Waals surface area contributed by atoms with Crippen LogP contribution < -0.4 is 10.9 Å². The minimum absolute atomic E-state index is 0.0678. The maximum Gasteiger partial charge on any atom is 0.272 e. The fourth-order valence-electron chi connectivity index (χ4n) is 3.19. The van der Waals surface area contributed by atoms with Crippen molar-refractivity contribution >= 4 is 27.6 Å². The van der Waals surface area contributed by atoms with Gasteiger partial charge in [0, 0.05) is 24.7 Å². The molecule has 2 aromatic heterocycles. The fourth-order valence-corrected chi connectivity index (χ4v) is 3.19. The number of nitrogens with zero attached hydrogens (tertiary/aromatic N) is 2. The number of carbonyl (C=O) groups excluding carboxylic acids is 1. The summed E-state index contributed by atoms with van der Waals surface area (Å²) >= 11 is 0. The molecule has 4 aromatic rings. The number of halogens is 1. The molecule has 0 aliphatic heterocycles. The Morgan fingerprint density at radius 3 is 2.81 bits per heavy atom. The lowest BCUT2D eigenvalue weighted by molar-refractivity contribution is -0.120. The second-order valence-electron chi connectivity index (χ2n) is 6.28. The van der Waals surface area contributed by atoms with E-state index in [2.05, 4.69) is 15.5 Å². The Morgan fingerprint density at radius 1 is 1.15 bits per heavy atom. The molecule has 0 spiro atoms. The molecule has 0 aliphatic rings. The highest BCUT2D eigenvalue weighted by Gasteiger charge is 2.10. The molecule has 0 fully saturated rings. The Balaban J connectivity index is 1.42. The van der Waals surface area contributed by atoms with Crippen LogP contribution in [0.25, 0.3) is 21.7 Å². The Bertz CT molecular complexity index is 1200. The van der Waals surface area contributed by atoms with Crippen molar-refractivity contribution in [2.75, 3.05) is 6.54 Å². The van der Waals surface area contributed by atoms with Crippen LogP contribution >= 0.6 is 0 Å². The highest BCUT2D eigenvalue weighted by molar-refractivity contribution is 5.88. The van der Waals surface area contributed by atoms with Crippen molar-refractivity contribution in [2.24, 2.45) is 0 Å². The van der Waals surface area contributed by atoms with Crippen LogP contribution in [0.3, 0.4) is 0 Å². The summed E-state index contributed by atoms with van der Waals surface area (Å²) in [5.41, 5.74) is 1.04. The van der Waals surface area contributed by atoms with E-state index in [-0.39, 0.29) is 23.7 Å². The molecule has 0 bridgehead atoms. The first-order valence-corrected chi connectivity index (χ1v) is 8.59. The molecule has 1 amide bonds. The summed E-state index contributed by atoms with van der Waals surface area (Å²) in [6, 6.07) is 13.6. The topological polar surface area (TPSA) is 79.8 Å². The van der Waals surface area contributed by atoms with Crippen LogP contribution in [-0.2, 0) is 17.8 Å². The second-order valence-corrected chi connectivity index (χ2v) is 6.28.